The fourth-order valence-corrected chi connectivity index (χ4v) is 18.2. The minimum atomic E-state index is -1.86. The van der Waals surface area contributed by atoms with Gasteiger partial charge >= 0.3 is 0 Å². The summed E-state index contributed by atoms with van der Waals surface area (Å²) >= 11 is 0.745. The molecule has 17 atom stereocenters. The SMILES string of the molecule is CCCC[C@H]1C(=O)N(C)[C@@H](CCCC)C(=O)N[C@@H](CCCNC(=N)N)C(=O)N[C@H](C(=O)NCC(N)=O)CSCC(=O)N[C@@H](Cc2ccc(F)cc2)C(=O)N(C)[C@@H](C)C(=O)N[C@@H](CC(N)=O)C(=O)N2CCC[C@H]2C(=O)N[C@@H](CN)C(=O)N[C@H]2CC(C)C3[C@H](O)CC(C(=O)N[C@@H](CCc4c[nH]c5ccccc45)C(=O)N[C@@H](CO)C(=O)N[C@@H](CCc4c[nH]c5ccccc45)C(=O)N1C)N3C2=O. The lowest BCUT2D eigenvalue weighted by molar-refractivity contribution is -0.150. The molecule has 0 spiro atoms. The number of nitrogens with one attached hydrogen (secondary N) is 14. The third kappa shape index (κ3) is 27.7. The number of halogens is 1. The number of piperidine rings is 1. The first-order chi connectivity index (χ1) is 63.4. The van der Waals surface area contributed by atoms with Crippen LogP contribution in [0.5, 0.6) is 0 Å². The quantitative estimate of drug-likeness (QED) is 0.0154. The van der Waals surface area contributed by atoms with Gasteiger partial charge in [-0.1, -0.05) is 95.0 Å². The number of nitrogens with zero attached hydrogens (tertiary/aromatic N) is 5. The Bertz CT molecular complexity index is 5040. The highest BCUT2D eigenvalue weighted by atomic mass is 32.2. The van der Waals surface area contributed by atoms with Crippen LogP contribution in [0.3, 0.4) is 0 Å². The smallest absolute Gasteiger partial charge is 0.246 e. The standard InChI is InChI=1S/C89H126FN23O19S/c1-8-10-23-66-81(125)101-57(22-16-34-96-89(94)95)77(121)108-65(76(120)99-43-72(93)117)45-133-46-73(118)100-61(37-49-26-30-52(90)31-27-49)85(129)109(5)48(4)75(119)104-62(38-71(92)116)86(130)112-35-17-25-67(112)82(126)106-63(40-91)79(123)105-60-36-47(3)74-70(115)39-69(113(74)87(60)131)83(127)102-58(32-28-50-41-97-55-20-14-12-18-53(50)55)78(122)107-64(44-114)80(124)103-59(33-29-51-42-98-56-21-15-13-19-54(51)56)84(128)111(7)68(24-11-9-2)88(132)110(66)6/h12-15,18-21,26-27,30-31,41-42,47-48,57-70,74,97-98,114-115H,8-11,16-17,22-25,28-29,32-40,43-46,91H2,1-7H3,(H2,92,116)(H2,93,117)(H,99,120)(H,100,118)(H,101,125)(H,102,127)(H,103,124)(H,104,119)(H,105,123)(H,106,126)(H,107,122)(H,108,121)(H4,94,95,96)/t47?,48-,57-,58-,59-,60-,61-,62-,63-,64-,65-,66-,67-,68-,69?,70+,74?/m0/s1. The molecule has 3 aromatic carbocycles. The lowest BCUT2D eigenvalue weighted by Crippen LogP contribution is -2.65. The molecule has 6 heterocycles. The van der Waals surface area contributed by atoms with Crippen LogP contribution in [0.2, 0.25) is 0 Å². The van der Waals surface area contributed by atoms with Crippen molar-refractivity contribution in [3.05, 3.63) is 108 Å². The second-order valence-corrected chi connectivity index (χ2v) is 35.3. The van der Waals surface area contributed by atoms with Crippen molar-refractivity contribution in [3.63, 3.8) is 0 Å². The summed E-state index contributed by atoms with van der Waals surface area (Å²) in [6.07, 6.45) is 1.94. The third-order valence-electron chi connectivity index (χ3n) is 24.8. The van der Waals surface area contributed by atoms with Gasteiger partial charge in [-0.05, 0) is 124 Å². The first-order valence-corrected chi connectivity index (χ1v) is 46.0. The van der Waals surface area contributed by atoms with Crippen molar-refractivity contribution in [2.24, 2.45) is 28.9 Å². The van der Waals surface area contributed by atoms with Crippen molar-refractivity contribution in [2.75, 3.05) is 65.4 Å². The van der Waals surface area contributed by atoms with Crippen LogP contribution in [0.25, 0.3) is 21.8 Å². The predicted octanol–water partition coefficient (Wildman–Crippen LogP) is -3.36. The summed E-state index contributed by atoms with van der Waals surface area (Å²) in [5.74, 6) is -18.9. The lowest BCUT2D eigenvalue weighted by Gasteiger charge is -2.42. The molecule has 3 unspecified atom stereocenters. The van der Waals surface area contributed by atoms with Crippen LogP contribution in [0.1, 0.15) is 141 Å². The molecule has 5 aromatic rings. The van der Waals surface area contributed by atoms with Crippen molar-refractivity contribution in [3.8, 4) is 0 Å². The Morgan fingerprint density at radius 2 is 1.09 bits per heavy atom. The Morgan fingerprint density at radius 3 is 1.70 bits per heavy atom. The van der Waals surface area contributed by atoms with E-state index in [1.54, 1.807) is 25.4 Å². The number of likely N-dealkylation sites (N-methyl/N-ethyl adjacent to an activating group) is 3. The fraction of sp³-hybridized carbons (Fsp3) is 0.551. The van der Waals surface area contributed by atoms with Crippen molar-refractivity contribution < 1.29 is 96.1 Å². The molecule has 4 aliphatic rings. The predicted molar refractivity (Wildman–Crippen MR) is 487 cm³/mol. The number of para-hydroxylation sites is 2. The number of benzene rings is 3. The van der Waals surface area contributed by atoms with E-state index in [0.717, 1.165) is 75.8 Å². The summed E-state index contributed by atoms with van der Waals surface area (Å²) in [6.45, 7) is 4.06. The number of hydrogen-bond acceptors (Lipinski definition) is 22. The Labute approximate surface area is 772 Å². The molecule has 44 heteroatoms. The molecule has 0 saturated carbocycles. The number of aliphatic hydroxyl groups is 2. The van der Waals surface area contributed by atoms with E-state index in [1.165, 1.54) is 40.2 Å². The fourth-order valence-electron chi connectivity index (χ4n) is 17.3. The van der Waals surface area contributed by atoms with Gasteiger partial charge in [0, 0.05) is 93.6 Å². The van der Waals surface area contributed by atoms with E-state index in [-0.39, 0.29) is 96.6 Å². The minimum Gasteiger partial charge on any atom is -0.394 e. The van der Waals surface area contributed by atoms with Gasteiger partial charge in [-0.2, -0.15) is 0 Å². The molecular formula is C89H126FN23O19S. The molecule has 2 bridgehead atoms. The number of rotatable bonds is 25. The van der Waals surface area contributed by atoms with Gasteiger partial charge in [0.15, 0.2) is 5.96 Å². The average Bonchev–Trinajstić information content (AvgIpc) is 1.60. The van der Waals surface area contributed by atoms with Gasteiger partial charge in [-0.25, -0.2) is 4.39 Å². The number of nitrogens with two attached hydrogens (primary N) is 4. The van der Waals surface area contributed by atoms with Crippen molar-refractivity contribution in [1.29, 1.82) is 5.41 Å². The molecule has 724 valence electrons. The summed E-state index contributed by atoms with van der Waals surface area (Å²) in [6, 6.07) is -3.28. The van der Waals surface area contributed by atoms with Crippen molar-refractivity contribution in [2.45, 2.75) is 240 Å². The first kappa shape index (κ1) is 104. The molecule has 133 heavy (non-hydrogen) atoms. The second-order valence-electron chi connectivity index (χ2n) is 34.3. The number of guanidine groups is 1. The van der Waals surface area contributed by atoms with Gasteiger partial charge in [0.05, 0.1) is 37.5 Å². The number of hydrogen-bond donors (Lipinski definition) is 20. The van der Waals surface area contributed by atoms with Gasteiger partial charge < -0.3 is 126 Å². The molecule has 0 radical (unpaired) electrons. The van der Waals surface area contributed by atoms with Gasteiger partial charge in [-0.15, -0.1) is 11.8 Å². The number of fused-ring (bicyclic) bond motifs is 4. The summed E-state index contributed by atoms with van der Waals surface area (Å²) in [5.41, 5.74) is 26.1. The topological polar surface area (TPSA) is 639 Å². The number of aliphatic hydroxyl groups excluding tert-OH is 2. The number of carbonyl (C=O) groups is 17. The Balaban J connectivity index is 1.08. The van der Waals surface area contributed by atoms with Crippen LogP contribution in [0.15, 0.2) is 85.2 Å². The number of aryl methyl sites for hydroxylation is 2. The van der Waals surface area contributed by atoms with Crippen LogP contribution in [0.4, 0.5) is 4.39 Å². The van der Waals surface area contributed by atoms with E-state index >= 15 is 33.6 Å². The Kier molecular flexibility index (Phi) is 38.3. The molecule has 2 aromatic heterocycles. The van der Waals surface area contributed by atoms with Crippen LogP contribution >= 0.6 is 11.8 Å². The summed E-state index contributed by atoms with van der Waals surface area (Å²) < 4.78 is 14.4. The highest BCUT2D eigenvalue weighted by Crippen LogP contribution is 2.37. The molecule has 4 fully saturated rings. The third-order valence-corrected chi connectivity index (χ3v) is 25.8. The maximum atomic E-state index is 15.7. The molecular weight excluding hydrogens is 1750 g/mol. The molecule has 17 amide bonds. The van der Waals surface area contributed by atoms with Crippen LogP contribution < -0.4 is 81.4 Å². The van der Waals surface area contributed by atoms with Gasteiger partial charge in [0.2, 0.25) is 100 Å². The number of aromatic nitrogens is 2. The normalized spacial score (nSPS) is 26.4. The van der Waals surface area contributed by atoms with Crippen LogP contribution in [-0.4, -0.2) is 313 Å². The number of aromatic amines is 2. The van der Waals surface area contributed by atoms with Gasteiger partial charge in [-0.3, -0.25) is 86.9 Å². The zero-order valence-electron chi connectivity index (χ0n) is 75.7. The summed E-state index contributed by atoms with van der Waals surface area (Å²) in [5, 5.41) is 61.0. The van der Waals surface area contributed by atoms with Crippen LogP contribution in [0, 0.1) is 17.1 Å². The largest absolute Gasteiger partial charge is 0.394 e. The second kappa shape index (κ2) is 49.1. The highest BCUT2D eigenvalue weighted by Gasteiger charge is 2.55. The number of primary amides is 2. The summed E-state index contributed by atoms with van der Waals surface area (Å²) in [7, 11) is 3.89. The van der Waals surface area contributed by atoms with E-state index in [4.69, 9.17) is 28.3 Å². The van der Waals surface area contributed by atoms with Crippen molar-refractivity contribution in [1.82, 2.24) is 93.0 Å². The Morgan fingerprint density at radius 1 is 0.549 bits per heavy atom. The number of carbonyl (C=O) groups excluding carboxylic acids is 17. The number of unbranched alkanes of at least 4 members (excludes halogenated alkanes) is 2. The van der Waals surface area contributed by atoms with Gasteiger partial charge in [0.1, 0.15) is 90.4 Å². The van der Waals surface area contributed by atoms with E-state index in [1.807, 2.05) is 56.3 Å². The number of H-pyrrole nitrogens is 2. The minimum absolute atomic E-state index is 0.00233. The van der Waals surface area contributed by atoms with E-state index in [2.05, 4.69) is 68.5 Å². The average molecular weight is 1870 g/mol. The highest BCUT2D eigenvalue weighted by molar-refractivity contribution is 8.00. The number of thioether (sulfide) groups is 1. The maximum Gasteiger partial charge on any atom is 0.246 e. The van der Waals surface area contributed by atoms with Crippen molar-refractivity contribution >= 4 is 140 Å². The zero-order valence-corrected chi connectivity index (χ0v) is 76.6. The van der Waals surface area contributed by atoms with Gasteiger partial charge in [0.25, 0.3) is 0 Å². The molecule has 42 nitrogen and oxygen atoms in total. The monoisotopic (exact) mass is 1870 g/mol. The molecule has 24 N–H and O–H groups in total. The number of amides is 17. The first-order valence-electron chi connectivity index (χ1n) is 44.9. The Hall–Kier alpha value is -12.8. The van der Waals surface area contributed by atoms with E-state index in [9.17, 15) is 62.5 Å². The lowest BCUT2D eigenvalue weighted by atomic mass is 9.86. The summed E-state index contributed by atoms with van der Waals surface area (Å²) in [4.78, 5) is 260. The van der Waals surface area contributed by atoms with E-state index in [0.29, 0.717) is 36.8 Å². The molecule has 4 saturated heterocycles. The van der Waals surface area contributed by atoms with Crippen LogP contribution in [-0.2, 0) is 101 Å². The maximum absolute atomic E-state index is 15.7. The zero-order chi connectivity index (χ0) is 97.2. The molecule has 0 aliphatic carbocycles. The molecule has 4 aliphatic heterocycles. The molecule has 9 rings (SSSR count). The van der Waals surface area contributed by atoms with E-state index < -0.39 is 252 Å².